The van der Waals surface area contributed by atoms with Crippen molar-refractivity contribution in [2.45, 2.75) is 0 Å². The summed E-state index contributed by atoms with van der Waals surface area (Å²) in [4.78, 5) is 16.0. The number of hydrogen-bond acceptors (Lipinski definition) is 3. The summed E-state index contributed by atoms with van der Waals surface area (Å²) in [5.74, 6) is 0.743. The number of amidine groups is 1. The zero-order valence-electron chi connectivity index (χ0n) is 12.7. The van der Waals surface area contributed by atoms with Gasteiger partial charge in [0.15, 0.2) is 11.7 Å². The summed E-state index contributed by atoms with van der Waals surface area (Å²) in [5.41, 5.74) is 2.33. The van der Waals surface area contributed by atoms with Gasteiger partial charge in [-0.1, -0.05) is 6.07 Å². The number of rotatable bonds is 2. The molecule has 0 atom stereocenters. The predicted molar refractivity (Wildman–Crippen MR) is 93.5 cm³/mol. The van der Waals surface area contributed by atoms with Crippen LogP contribution in [0.25, 0.3) is 10.9 Å². The number of H-pyrrole nitrogens is 1. The van der Waals surface area contributed by atoms with E-state index < -0.39 is 0 Å². The van der Waals surface area contributed by atoms with Crippen molar-refractivity contribution in [1.82, 2.24) is 19.5 Å². The van der Waals surface area contributed by atoms with E-state index >= 15 is 0 Å². The maximum atomic E-state index is 8.28. The Kier molecular flexibility index (Phi) is 3.47. The number of pyridine rings is 2. The van der Waals surface area contributed by atoms with Crippen LogP contribution in [0.2, 0.25) is 0 Å². The van der Waals surface area contributed by atoms with E-state index in [0.717, 1.165) is 16.6 Å². The summed E-state index contributed by atoms with van der Waals surface area (Å²) in [6, 6.07) is 13.2. The van der Waals surface area contributed by atoms with E-state index in [-0.39, 0.29) is 5.84 Å². The van der Waals surface area contributed by atoms with Gasteiger partial charge >= 0.3 is 0 Å². The lowest BCUT2D eigenvalue weighted by Gasteiger charge is -2.09. The predicted octanol–water partition coefficient (Wildman–Crippen LogP) is 3.08. The summed E-state index contributed by atoms with van der Waals surface area (Å²) in [5, 5.41) is 9.30. The average Bonchev–Trinajstić information content (AvgIpc) is 3.30. The van der Waals surface area contributed by atoms with Gasteiger partial charge in [0.25, 0.3) is 0 Å². The number of aliphatic imine (C=N–C) groups is 1. The molecule has 0 fully saturated rings. The van der Waals surface area contributed by atoms with Crippen molar-refractivity contribution in [3.63, 3.8) is 0 Å². The molecule has 4 aromatic rings. The maximum absolute atomic E-state index is 8.28. The van der Waals surface area contributed by atoms with Crippen LogP contribution in [0.3, 0.4) is 0 Å². The minimum atomic E-state index is 0.108. The molecule has 6 heteroatoms. The van der Waals surface area contributed by atoms with E-state index in [4.69, 9.17) is 5.41 Å². The van der Waals surface area contributed by atoms with Crippen LogP contribution in [0.1, 0.15) is 11.4 Å². The molecule has 0 amide bonds. The number of aromatic nitrogens is 4. The van der Waals surface area contributed by atoms with E-state index in [9.17, 15) is 0 Å². The first kappa shape index (κ1) is 14.1. The molecule has 0 aliphatic heterocycles. The Bertz CT molecular complexity index is 1010. The van der Waals surface area contributed by atoms with E-state index in [1.165, 1.54) is 0 Å². The molecule has 116 valence electrons. The summed E-state index contributed by atoms with van der Waals surface area (Å²) in [6.07, 6.45) is 8.97. The van der Waals surface area contributed by atoms with Crippen molar-refractivity contribution in [1.29, 1.82) is 5.41 Å². The van der Waals surface area contributed by atoms with Gasteiger partial charge in [-0.15, -0.1) is 0 Å². The largest absolute Gasteiger partial charge is 0.359 e. The lowest BCUT2D eigenvalue weighted by atomic mass is 10.3. The van der Waals surface area contributed by atoms with Gasteiger partial charge in [0.1, 0.15) is 5.69 Å². The topological polar surface area (TPSA) is 82.7 Å². The molecular weight excluding hydrogens is 300 g/mol. The quantitative estimate of drug-likeness (QED) is 0.440. The fraction of sp³-hybridized carbons (Fsp3) is 0. The first-order chi connectivity index (χ1) is 11.8. The molecule has 0 aromatic carbocycles. The first-order valence-electron chi connectivity index (χ1n) is 7.47. The van der Waals surface area contributed by atoms with Crippen LogP contribution in [-0.2, 0) is 0 Å². The standard InChI is InChI=1S/C18H14N6/c19-17(14-4-1-2-8-21-14)23-18(15-5-3-9-22-15)24-11-7-13-12-20-10-6-16(13)24/h1-12,19,22H. The monoisotopic (exact) mass is 314 g/mol. The number of nitrogens with one attached hydrogen (secondary N) is 2. The number of nitrogens with zero attached hydrogens (tertiary/aromatic N) is 4. The lowest BCUT2D eigenvalue weighted by Crippen LogP contribution is -2.16. The summed E-state index contributed by atoms with van der Waals surface area (Å²) in [7, 11) is 0. The molecule has 4 rings (SSSR count). The van der Waals surface area contributed by atoms with E-state index in [2.05, 4.69) is 19.9 Å². The molecule has 4 heterocycles. The van der Waals surface area contributed by atoms with Crippen molar-refractivity contribution < 1.29 is 0 Å². The Hall–Kier alpha value is -3.54. The third-order valence-electron chi connectivity index (χ3n) is 3.68. The van der Waals surface area contributed by atoms with Gasteiger partial charge in [-0.05, 0) is 36.4 Å². The average molecular weight is 314 g/mol. The van der Waals surface area contributed by atoms with Gasteiger partial charge in [0.2, 0.25) is 0 Å². The third kappa shape index (κ3) is 2.50. The van der Waals surface area contributed by atoms with E-state index in [1.54, 1.807) is 18.5 Å². The molecule has 6 nitrogen and oxygen atoms in total. The van der Waals surface area contributed by atoms with Gasteiger partial charge in [-0.25, -0.2) is 4.99 Å². The summed E-state index contributed by atoms with van der Waals surface area (Å²) in [6.45, 7) is 0. The molecule has 0 radical (unpaired) electrons. The maximum Gasteiger partial charge on any atom is 0.172 e. The van der Waals surface area contributed by atoms with Gasteiger partial charge in [-0.2, -0.15) is 0 Å². The molecule has 0 aliphatic carbocycles. The molecule has 0 unspecified atom stereocenters. The Balaban J connectivity index is 1.87. The van der Waals surface area contributed by atoms with Crippen LogP contribution in [0, 0.1) is 5.41 Å². The lowest BCUT2D eigenvalue weighted by molar-refractivity contribution is 1.16. The van der Waals surface area contributed by atoms with Crippen LogP contribution in [0.5, 0.6) is 0 Å². The highest BCUT2D eigenvalue weighted by Crippen LogP contribution is 2.16. The molecule has 2 N–H and O–H groups in total. The highest BCUT2D eigenvalue weighted by atomic mass is 15.1. The minimum Gasteiger partial charge on any atom is -0.359 e. The van der Waals surface area contributed by atoms with Crippen LogP contribution in [0.4, 0.5) is 0 Å². The van der Waals surface area contributed by atoms with Crippen LogP contribution >= 0.6 is 0 Å². The van der Waals surface area contributed by atoms with E-state index in [1.807, 2.05) is 59.6 Å². The van der Waals surface area contributed by atoms with Crippen molar-refractivity contribution in [2.24, 2.45) is 4.99 Å². The van der Waals surface area contributed by atoms with Gasteiger partial charge in [-0.3, -0.25) is 19.9 Å². The second-order valence-corrected chi connectivity index (χ2v) is 5.20. The molecule has 4 aromatic heterocycles. The molecule has 0 aliphatic rings. The van der Waals surface area contributed by atoms with Gasteiger partial charge in [0.05, 0.1) is 11.2 Å². The summed E-state index contributed by atoms with van der Waals surface area (Å²) < 4.78 is 1.94. The van der Waals surface area contributed by atoms with Gasteiger partial charge < -0.3 is 4.98 Å². The third-order valence-corrected chi connectivity index (χ3v) is 3.68. The van der Waals surface area contributed by atoms with Crippen LogP contribution < -0.4 is 0 Å². The van der Waals surface area contributed by atoms with Crippen molar-refractivity contribution >= 4 is 22.6 Å². The number of hydrogen-bond donors (Lipinski definition) is 2. The van der Waals surface area contributed by atoms with Crippen molar-refractivity contribution in [3.8, 4) is 0 Å². The normalized spacial score (nSPS) is 11.8. The van der Waals surface area contributed by atoms with Gasteiger partial charge in [0, 0.05) is 36.4 Å². The fourth-order valence-corrected chi connectivity index (χ4v) is 2.55. The van der Waals surface area contributed by atoms with E-state index in [0.29, 0.717) is 11.5 Å². The Labute approximate surface area is 138 Å². The zero-order chi connectivity index (χ0) is 16.4. The Morgan fingerprint density at radius 2 is 2.04 bits per heavy atom. The second kappa shape index (κ2) is 5.92. The second-order valence-electron chi connectivity index (χ2n) is 5.20. The van der Waals surface area contributed by atoms with Crippen molar-refractivity contribution in [2.75, 3.05) is 0 Å². The highest BCUT2D eigenvalue weighted by molar-refractivity contribution is 6.12. The number of aromatic amines is 1. The first-order valence-corrected chi connectivity index (χ1v) is 7.47. The highest BCUT2D eigenvalue weighted by Gasteiger charge is 2.12. The Morgan fingerprint density at radius 1 is 1.08 bits per heavy atom. The molecule has 24 heavy (non-hydrogen) atoms. The zero-order valence-corrected chi connectivity index (χ0v) is 12.7. The molecule has 0 spiro atoms. The summed E-state index contributed by atoms with van der Waals surface area (Å²) >= 11 is 0. The smallest absolute Gasteiger partial charge is 0.172 e. The molecular formula is C18H14N6. The molecule has 0 saturated heterocycles. The van der Waals surface area contributed by atoms with Crippen LogP contribution in [0.15, 0.2) is 78.4 Å². The fourth-order valence-electron chi connectivity index (χ4n) is 2.55. The number of fused-ring (bicyclic) bond motifs is 1. The molecule has 0 saturated carbocycles. The minimum absolute atomic E-state index is 0.108. The molecule has 0 bridgehead atoms. The SMILES string of the molecule is N=C(N=C(c1ccc[nH]1)n1ccc2cnccc21)c1ccccn1. The van der Waals surface area contributed by atoms with Crippen molar-refractivity contribution in [3.05, 3.63) is 84.8 Å². The van der Waals surface area contributed by atoms with Crippen LogP contribution in [-0.4, -0.2) is 31.2 Å². The Morgan fingerprint density at radius 3 is 2.83 bits per heavy atom.